The van der Waals surface area contributed by atoms with E-state index in [2.05, 4.69) is 53.5 Å². The van der Waals surface area contributed by atoms with Gasteiger partial charge in [0.15, 0.2) is 11.5 Å². The molecule has 2 aliphatic rings. The Bertz CT molecular complexity index is 1120. The fourth-order valence-electron chi connectivity index (χ4n) is 5.08. The Morgan fingerprint density at radius 1 is 0.788 bits per heavy atom. The number of piperazine rings is 1. The van der Waals surface area contributed by atoms with Crippen LogP contribution in [0.3, 0.4) is 0 Å². The lowest BCUT2D eigenvalue weighted by Gasteiger charge is -2.34. The van der Waals surface area contributed by atoms with Crippen molar-refractivity contribution in [3.63, 3.8) is 0 Å². The number of fused-ring (bicyclic) bond motifs is 3. The summed E-state index contributed by atoms with van der Waals surface area (Å²) < 4.78 is 16.3. The van der Waals surface area contributed by atoms with Gasteiger partial charge in [0, 0.05) is 22.8 Å². The maximum atomic E-state index is 5.53. The Hall–Kier alpha value is -3.51. The van der Waals surface area contributed by atoms with Gasteiger partial charge in [-0.15, -0.1) is 0 Å². The zero-order chi connectivity index (χ0) is 22.8. The molecule has 0 spiro atoms. The number of rotatable bonds is 6. The Kier molecular flexibility index (Phi) is 5.92. The Morgan fingerprint density at radius 2 is 1.33 bits per heavy atom. The summed E-state index contributed by atoms with van der Waals surface area (Å²) >= 11 is 0. The molecule has 0 bridgehead atoms. The zero-order valence-electron chi connectivity index (χ0n) is 19.4. The van der Waals surface area contributed by atoms with E-state index in [0.717, 1.165) is 31.7 Å². The molecule has 0 radical (unpaired) electrons. The molecule has 33 heavy (non-hydrogen) atoms. The van der Waals surface area contributed by atoms with Crippen LogP contribution in [0.15, 0.2) is 65.8 Å². The van der Waals surface area contributed by atoms with Crippen molar-refractivity contribution in [3.8, 4) is 28.4 Å². The van der Waals surface area contributed by atoms with E-state index in [-0.39, 0.29) is 0 Å². The molecule has 0 atom stereocenters. The minimum Gasteiger partial charge on any atom is -0.496 e. The number of ether oxygens (including phenoxy) is 3. The molecule has 1 aliphatic carbocycles. The maximum absolute atomic E-state index is 5.53. The van der Waals surface area contributed by atoms with Crippen molar-refractivity contribution in [1.82, 2.24) is 5.01 Å². The Balaban J connectivity index is 1.31. The first-order valence-electron chi connectivity index (χ1n) is 11.3. The van der Waals surface area contributed by atoms with E-state index in [1.54, 1.807) is 26.2 Å². The number of quaternary nitrogens is 1. The summed E-state index contributed by atoms with van der Waals surface area (Å²) in [6, 6.07) is 21.8. The average molecular weight is 445 g/mol. The monoisotopic (exact) mass is 444 g/mol. The summed E-state index contributed by atoms with van der Waals surface area (Å²) in [5.41, 5.74) is 6.52. The summed E-state index contributed by atoms with van der Waals surface area (Å²) in [4.78, 5) is 1.60. The summed E-state index contributed by atoms with van der Waals surface area (Å²) in [5.74, 6) is 2.01. The molecule has 3 aromatic rings. The molecule has 6 heteroatoms. The van der Waals surface area contributed by atoms with E-state index >= 15 is 0 Å². The number of nitrogens with zero attached hydrogens (tertiary/aromatic N) is 2. The fourth-order valence-corrected chi connectivity index (χ4v) is 5.08. The summed E-state index contributed by atoms with van der Waals surface area (Å²) in [7, 11) is 4.90. The van der Waals surface area contributed by atoms with Crippen molar-refractivity contribution >= 4 is 6.21 Å². The van der Waals surface area contributed by atoms with Crippen LogP contribution in [-0.4, -0.2) is 58.7 Å². The summed E-state index contributed by atoms with van der Waals surface area (Å²) in [6.45, 7) is 3.88. The van der Waals surface area contributed by atoms with Crippen LogP contribution in [0.25, 0.3) is 11.1 Å². The van der Waals surface area contributed by atoms with Crippen LogP contribution >= 0.6 is 0 Å². The van der Waals surface area contributed by atoms with Crippen molar-refractivity contribution in [2.45, 2.75) is 6.04 Å². The maximum Gasteiger partial charge on any atom is 0.164 e. The zero-order valence-corrected chi connectivity index (χ0v) is 19.4. The number of benzene rings is 3. The smallest absolute Gasteiger partial charge is 0.164 e. The van der Waals surface area contributed by atoms with Gasteiger partial charge in [0.2, 0.25) is 0 Å². The third-order valence-corrected chi connectivity index (χ3v) is 6.72. The Labute approximate surface area is 195 Å². The highest BCUT2D eigenvalue weighted by Crippen LogP contribution is 2.41. The number of nitrogens with one attached hydrogen (secondary N) is 1. The first-order chi connectivity index (χ1) is 16.2. The SMILES string of the molecule is COc1cc(OC)c(OC)cc1/C=N\N1CC[NH+](C2c3ccccc3-c3ccccc32)CC1. The van der Waals surface area contributed by atoms with E-state index in [4.69, 9.17) is 19.3 Å². The predicted octanol–water partition coefficient (Wildman–Crippen LogP) is 3.02. The van der Waals surface area contributed by atoms with E-state index in [9.17, 15) is 0 Å². The standard InChI is InChI=1S/C27H29N3O3/c1-31-24-17-26(33-3)25(32-2)16-19(24)18-28-30-14-12-29(13-15-30)27-22-10-6-4-8-20(22)21-9-5-7-11-23(21)27/h4-11,16-18,27H,12-15H2,1-3H3/p+1/b28-18-. The van der Waals surface area contributed by atoms with Gasteiger partial charge in [-0.1, -0.05) is 48.5 Å². The second-order valence-corrected chi connectivity index (χ2v) is 8.41. The second kappa shape index (κ2) is 9.16. The summed E-state index contributed by atoms with van der Waals surface area (Å²) in [5, 5.41) is 6.91. The molecular weight excluding hydrogens is 414 g/mol. The second-order valence-electron chi connectivity index (χ2n) is 8.41. The van der Waals surface area contributed by atoms with E-state index < -0.39 is 0 Å². The molecule has 3 aromatic carbocycles. The molecule has 5 rings (SSSR count). The average Bonchev–Trinajstić information content (AvgIpc) is 3.21. The lowest BCUT2D eigenvalue weighted by Crippen LogP contribution is -3.14. The van der Waals surface area contributed by atoms with Crippen LogP contribution < -0.4 is 19.1 Å². The molecule has 1 fully saturated rings. The van der Waals surface area contributed by atoms with Crippen LogP contribution in [0.5, 0.6) is 17.2 Å². The van der Waals surface area contributed by atoms with Crippen molar-refractivity contribution in [2.24, 2.45) is 5.10 Å². The predicted molar refractivity (Wildman–Crippen MR) is 130 cm³/mol. The molecule has 1 saturated heterocycles. The van der Waals surface area contributed by atoms with Gasteiger partial charge in [-0.25, -0.2) is 0 Å². The molecule has 0 amide bonds. The molecular formula is C27H30N3O3+. The number of hydrazone groups is 1. The number of methoxy groups -OCH3 is 3. The largest absolute Gasteiger partial charge is 0.496 e. The van der Waals surface area contributed by atoms with Crippen molar-refractivity contribution < 1.29 is 19.1 Å². The van der Waals surface area contributed by atoms with E-state index in [1.807, 2.05) is 18.3 Å². The van der Waals surface area contributed by atoms with Crippen LogP contribution in [0.4, 0.5) is 0 Å². The highest BCUT2D eigenvalue weighted by atomic mass is 16.5. The highest BCUT2D eigenvalue weighted by Gasteiger charge is 2.37. The molecule has 0 saturated carbocycles. The molecule has 0 unspecified atom stereocenters. The van der Waals surface area contributed by atoms with Gasteiger partial charge in [0.05, 0.1) is 53.7 Å². The van der Waals surface area contributed by atoms with Crippen molar-refractivity contribution in [2.75, 3.05) is 47.5 Å². The summed E-state index contributed by atoms with van der Waals surface area (Å²) in [6.07, 6.45) is 1.85. The van der Waals surface area contributed by atoms with Gasteiger partial charge in [-0.2, -0.15) is 5.10 Å². The third kappa shape index (κ3) is 3.91. The molecule has 170 valence electrons. The molecule has 1 heterocycles. The molecule has 1 N–H and O–H groups in total. The minimum atomic E-state index is 0.398. The number of hydrogen-bond acceptors (Lipinski definition) is 5. The van der Waals surface area contributed by atoms with E-state index in [1.165, 1.54) is 22.3 Å². The molecule has 0 aromatic heterocycles. The molecule has 1 aliphatic heterocycles. The number of hydrogen-bond donors (Lipinski definition) is 1. The fraction of sp³-hybridized carbons (Fsp3) is 0.296. The van der Waals surface area contributed by atoms with Gasteiger partial charge in [-0.3, -0.25) is 5.01 Å². The van der Waals surface area contributed by atoms with Gasteiger partial charge < -0.3 is 19.1 Å². The van der Waals surface area contributed by atoms with Crippen LogP contribution in [0.2, 0.25) is 0 Å². The van der Waals surface area contributed by atoms with Crippen LogP contribution in [0, 0.1) is 0 Å². The lowest BCUT2D eigenvalue weighted by atomic mass is 10.0. The van der Waals surface area contributed by atoms with Crippen molar-refractivity contribution in [3.05, 3.63) is 77.4 Å². The molecule has 6 nitrogen and oxygen atoms in total. The normalized spacial score (nSPS) is 16.0. The van der Waals surface area contributed by atoms with Crippen LogP contribution in [0.1, 0.15) is 22.7 Å². The van der Waals surface area contributed by atoms with Gasteiger partial charge >= 0.3 is 0 Å². The van der Waals surface area contributed by atoms with Gasteiger partial charge in [-0.05, 0) is 17.2 Å². The lowest BCUT2D eigenvalue weighted by molar-refractivity contribution is -0.929. The first kappa shape index (κ1) is 21.3. The van der Waals surface area contributed by atoms with Gasteiger partial charge in [0.1, 0.15) is 11.8 Å². The van der Waals surface area contributed by atoms with Gasteiger partial charge in [0.25, 0.3) is 0 Å². The quantitative estimate of drug-likeness (QED) is 0.594. The Morgan fingerprint density at radius 3 is 1.91 bits per heavy atom. The van der Waals surface area contributed by atoms with Crippen molar-refractivity contribution in [1.29, 1.82) is 0 Å². The first-order valence-corrected chi connectivity index (χ1v) is 11.3. The third-order valence-electron chi connectivity index (χ3n) is 6.72. The topological polar surface area (TPSA) is 47.7 Å². The van der Waals surface area contributed by atoms with E-state index in [0.29, 0.717) is 23.3 Å². The van der Waals surface area contributed by atoms with Crippen LogP contribution in [-0.2, 0) is 0 Å². The minimum absolute atomic E-state index is 0.398. The highest BCUT2D eigenvalue weighted by molar-refractivity contribution is 5.85.